The smallest absolute Gasteiger partial charge is 0.410 e. The summed E-state index contributed by atoms with van der Waals surface area (Å²) in [5.74, 6) is -8.90. The summed E-state index contributed by atoms with van der Waals surface area (Å²) in [6, 6.07) is 3.19. The van der Waals surface area contributed by atoms with Gasteiger partial charge in [0.05, 0.1) is 29.7 Å². The molecule has 0 spiro atoms. The fraction of sp³-hybridized carbons (Fsp3) is 0.542. The van der Waals surface area contributed by atoms with Crippen LogP contribution in [0.15, 0.2) is 16.7 Å². The number of carbonyl (C=O) groups excluding carboxylic acids is 3. The third-order valence-corrected chi connectivity index (χ3v) is 6.85. The minimum Gasteiger partial charge on any atom is -0.469 e. The number of aromatic nitrogens is 2. The van der Waals surface area contributed by atoms with Gasteiger partial charge in [0.2, 0.25) is 5.91 Å². The van der Waals surface area contributed by atoms with Gasteiger partial charge >= 0.3 is 12.1 Å². The number of halogens is 2. The van der Waals surface area contributed by atoms with Crippen molar-refractivity contribution in [2.45, 2.75) is 58.1 Å². The maximum Gasteiger partial charge on any atom is 0.410 e. The molecule has 2 aromatic heterocycles. The second-order valence-electron chi connectivity index (χ2n) is 9.15. The molecular formula is C24H28F2N4O6. The molecule has 10 nitrogen and oxygen atoms in total. The van der Waals surface area contributed by atoms with E-state index in [0.717, 1.165) is 32.8 Å². The molecule has 1 N–H and O–H groups in total. The predicted molar refractivity (Wildman–Crippen MR) is 122 cm³/mol. The van der Waals surface area contributed by atoms with E-state index in [4.69, 9.17) is 9.26 Å². The van der Waals surface area contributed by atoms with E-state index < -0.39 is 35.7 Å². The first kappa shape index (κ1) is 25.5. The average Bonchev–Trinajstić information content (AvgIpc) is 3.22. The molecule has 0 aromatic carbocycles. The van der Waals surface area contributed by atoms with Gasteiger partial charge in [0.1, 0.15) is 24.1 Å². The van der Waals surface area contributed by atoms with Crippen molar-refractivity contribution < 1.29 is 37.2 Å². The van der Waals surface area contributed by atoms with E-state index in [-0.39, 0.29) is 18.3 Å². The second-order valence-corrected chi connectivity index (χ2v) is 9.15. The highest BCUT2D eigenvalue weighted by Gasteiger charge is 2.76. The van der Waals surface area contributed by atoms with Gasteiger partial charge in [0.15, 0.2) is 5.76 Å². The van der Waals surface area contributed by atoms with Crippen molar-refractivity contribution in [1.29, 1.82) is 0 Å². The van der Waals surface area contributed by atoms with Crippen molar-refractivity contribution in [2.75, 3.05) is 19.5 Å². The summed E-state index contributed by atoms with van der Waals surface area (Å²) in [7, 11) is 2.72. The molecule has 2 saturated carbocycles. The maximum atomic E-state index is 13.9. The predicted octanol–water partition coefficient (Wildman–Crippen LogP) is 3.86. The number of pyridine rings is 1. The van der Waals surface area contributed by atoms with Gasteiger partial charge in [-0.05, 0) is 38.8 Å². The molecule has 4 rings (SSSR count). The number of methoxy groups -OCH3 is 1. The molecule has 2 atom stereocenters. The summed E-state index contributed by atoms with van der Waals surface area (Å²) >= 11 is 0. The Morgan fingerprint density at radius 2 is 1.86 bits per heavy atom. The summed E-state index contributed by atoms with van der Waals surface area (Å²) in [5, 5.41) is 6.36. The molecule has 2 aliphatic carbocycles. The molecule has 2 heterocycles. The molecule has 0 aliphatic heterocycles. The Hall–Kier alpha value is -3.57. The number of nitrogens with zero attached hydrogens (tertiary/aromatic N) is 3. The van der Waals surface area contributed by atoms with Crippen LogP contribution in [0.3, 0.4) is 0 Å². The van der Waals surface area contributed by atoms with Gasteiger partial charge < -0.3 is 24.2 Å². The van der Waals surface area contributed by atoms with Crippen LogP contribution in [0.25, 0.3) is 11.5 Å². The lowest BCUT2D eigenvalue weighted by Gasteiger charge is -2.23. The second kappa shape index (κ2) is 9.82. The van der Waals surface area contributed by atoms with Crippen LogP contribution >= 0.6 is 0 Å². The Morgan fingerprint density at radius 1 is 1.17 bits per heavy atom. The van der Waals surface area contributed by atoms with Gasteiger partial charge in [-0.1, -0.05) is 18.0 Å². The maximum absolute atomic E-state index is 13.9. The zero-order chi connectivity index (χ0) is 26.2. The lowest BCUT2D eigenvalue weighted by Crippen LogP contribution is -2.35. The zero-order valence-electron chi connectivity index (χ0n) is 20.5. The fourth-order valence-electron chi connectivity index (χ4n) is 4.54. The summed E-state index contributed by atoms with van der Waals surface area (Å²) in [6.07, 6.45) is 3.66. The highest BCUT2D eigenvalue weighted by Crippen LogP contribution is 2.56. The van der Waals surface area contributed by atoms with Crippen molar-refractivity contribution in [3.63, 3.8) is 0 Å². The molecule has 2 fully saturated rings. The number of hydrogen-bond acceptors (Lipinski definition) is 8. The van der Waals surface area contributed by atoms with Crippen molar-refractivity contribution in [2.24, 2.45) is 11.8 Å². The van der Waals surface area contributed by atoms with Crippen molar-refractivity contribution >= 4 is 23.7 Å². The van der Waals surface area contributed by atoms with Crippen LogP contribution in [0.2, 0.25) is 0 Å². The normalized spacial score (nSPS) is 20.6. The fourth-order valence-corrected chi connectivity index (χ4v) is 4.54. The summed E-state index contributed by atoms with van der Waals surface area (Å²) in [5.41, 5.74) is 1.98. The molecule has 12 heteroatoms. The van der Waals surface area contributed by atoms with Crippen LogP contribution in [0.4, 0.5) is 19.3 Å². The van der Waals surface area contributed by atoms with Gasteiger partial charge in [-0.15, -0.1) is 0 Å². The van der Waals surface area contributed by atoms with E-state index in [2.05, 4.69) is 20.2 Å². The third-order valence-electron chi connectivity index (χ3n) is 6.85. The molecular weight excluding hydrogens is 478 g/mol. The van der Waals surface area contributed by atoms with E-state index in [9.17, 15) is 23.2 Å². The lowest BCUT2D eigenvalue weighted by molar-refractivity contribution is -0.144. The first-order valence-electron chi connectivity index (χ1n) is 11.7. The average molecular weight is 507 g/mol. The topological polar surface area (TPSA) is 124 Å². The molecule has 194 valence electrons. The van der Waals surface area contributed by atoms with Crippen LogP contribution in [-0.2, 0) is 25.7 Å². The number of hydrogen-bond donors (Lipinski definition) is 1. The Kier molecular flexibility index (Phi) is 6.96. The Labute approximate surface area is 206 Å². The van der Waals surface area contributed by atoms with Crippen molar-refractivity contribution in [3.8, 4) is 11.5 Å². The lowest BCUT2D eigenvalue weighted by atomic mass is 10.1. The number of alkyl halides is 2. The molecule has 2 aliphatic rings. The van der Waals surface area contributed by atoms with E-state index in [1.165, 1.54) is 12.1 Å². The van der Waals surface area contributed by atoms with E-state index in [1.54, 1.807) is 25.8 Å². The molecule has 36 heavy (non-hydrogen) atoms. The van der Waals surface area contributed by atoms with Gasteiger partial charge in [0.25, 0.3) is 5.92 Å². The number of rotatable bonds is 7. The highest BCUT2D eigenvalue weighted by molar-refractivity contribution is 6.00. The molecule has 2 amide bonds. The molecule has 0 bridgehead atoms. The quantitative estimate of drug-likeness (QED) is 0.562. The third kappa shape index (κ3) is 4.76. The number of esters is 1. The minimum atomic E-state index is -3.46. The Morgan fingerprint density at radius 3 is 2.50 bits per heavy atom. The van der Waals surface area contributed by atoms with Crippen LogP contribution < -0.4 is 5.32 Å². The molecule has 0 saturated heterocycles. The summed E-state index contributed by atoms with van der Waals surface area (Å²) in [6.45, 7) is 3.23. The monoisotopic (exact) mass is 506 g/mol. The minimum absolute atomic E-state index is 0.0640. The highest BCUT2D eigenvalue weighted by atomic mass is 19.3. The van der Waals surface area contributed by atoms with Crippen molar-refractivity contribution in [3.05, 3.63) is 29.1 Å². The first-order chi connectivity index (χ1) is 17.1. The largest absolute Gasteiger partial charge is 0.469 e. The number of nitrogens with one attached hydrogen (secondary N) is 1. The van der Waals surface area contributed by atoms with Crippen LogP contribution in [0.5, 0.6) is 0 Å². The van der Waals surface area contributed by atoms with E-state index >= 15 is 0 Å². The van der Waals surface area contributed by atoms with Crippen LogP contribution in [-0.4, -0.2) is 59.1 Å². The van der Waals surface area contributed by atoms with Gasteiger partial charge in [-0.2, -0.15) is 0 Å². The van der Waals surface area contributed by atoms with Crippen LogP contribution in [0, 0.1) is 25.7 Å². The number of aryl methyl sites for hydroxylation is 2. The molecule has 2 aromatic rings. The molecule has 0 radical (unpaired) electrons. The number of carbonyl (C=O) groups is 3. The number of amides is 2. The Bertz CT molecular complexity index is 1180. The standard InChI is InChI=1S/C24H28F2N4O6/c1-12-15(11-35-23(33)30(3)14-7-5-6-8-14)20(36-29-12)17-10-9-16(13(2)27-17)28-21(31)18-19(22(32)34-4)24(18,25)26/h9-10,14,18-19H,5-8,11H2,1-4H3,(H,28,31). The van der Waals surface area contributed by atoms with Gasteiger partial charge in [-0.25, -0.2) is 18.6 Å². The van der Waals surface area contributed by atoms with Gasteiger partial charge in [0, 0.05) is 13.1 Å². The Balaban J connectivity index is 1.44. The molecule has 2 unspecified atom stereocenters. The first-order valence-corrected chi connectivity index (χ1v) is 11.7. The SMILES string of the molecule is COC(=O)C1C(C(=O)Nc2ccc(-c3onc(C)c3COC(=O)N(C)C3CCCC3)nc2C)C1(F)F. The van der Waals surface area contributed by atoms with Crippen LogP contribution in [0.1, 0.15) is 42.6 Å². The summed E-state index contributed by atoms with van der Waals surface area (Å²) < 4.78 is 43.1. The zero-order valence-corrected chi connectivity index (χ0v) is 20.5. The van der Waals surface area contributed by atoms with Gasteiger partial charge in [-0.3, -0.25) is 9.59 Å². The van der Waals surface area contributed by atoms with E-state index in [0.29, 0.717) is 28.4 Å². The van der Waals surface area contributed by atoms with E-state index in [1.807, 2.05) is 0 Å². The number of ether oxygens (including phenoxy) is 2. The summed E-state index contributed by atoms with van der Waals surface area (Å²) in [4.78, 5) is 42.4. The van der Waals surface area contributed by atoms with Crippen molar-refractivity contribution in [1.82, 2.24) is 15.0 Å². The number of anilines is 1.